The number of rotatable bonds is 6. The van der Waals surface area contributed by atoms with E-state index >= 15 is 0 Å². The molecular weight excluding hydrogens is 204 g/mol. The van der Waals surface area contributed by atoms with Crippen LogP contribution in [0.1, 0.15) is 27.2 Å². The number of aliphatic carboxylic acids is 1. The largest absolute Gasteiger partial charge is 0.480 e. The maximum absolute atomic E-state index is 11.2. The molecule has 0 spiro atoms. The van der Waals surface area contributed by atoms with Crippen molar-refractivity contribution in [2.24, 2.45) is 5.92 Å². The highest BCUT2D eigenvalue weighted by Crippen LogP contribution is 2.23. The van der Waals surface area contributed by atoms with Crippen molar-refractivity contribution in [2.45, 2.75) is 33.2 Å². The van der Waals surface area contributed by atoms with E-state index in [-0.39, 0.29) is 12.0 Å². The lowest BCUT2D eigenvalue weighted by molar-refractivity contribution is -0.143. The van der Waals surface area contributed by atoms with Gasteiger partial charge < -0.3 is 10.0 Å². The second-order valence-corrected chi connectivity index (χ2v) is 4.61. The molecule has 0 radical (unpaired) electrons. The lowest BCUT2D eigenvalue weighted by Gasteiger charge is -2.26. The monoisotopic (exact) mass is 228 g/mol. The normalized spacial score (nSPS) is 26.5. The molecule has 4 heteroatoms. The van der Waals surface area contributed by atoms with Crippen LogP contribution in [-0.4, -0.2) is 59.6 Å². The molecule has 1 heterocycles. The van der Waals surface area contributed by atoms with Crippen LogP contribution in [0.2, 0.25) is 0 Å². The van der Waals surface area contributed by atoms with E-state index in [9.17, 15) is 9.90 Å². The van der Waals surface area contributed by atoms with Crippen molar-refractivity contribution in [1.29, 1.82) is 0 Å². The molecular formula is C12H24N2O2. The van der Waals surface area contributed by atoms with Gasteiger partial charge in [0.05, 0.1) is 0 Å². The summed E-state index contributed by atoms with van der Waals surface area (Å²) in [5.41, 5.74) is 0. The van der Waals surface area contributed by atoms with E-state index < -0.39 is 5.97 Å². The number of carboxylic acid groups (broad SMARTS) is 1. The Labute approximate surface area is 98.2 Å². The average molecular weight is 228 g/mol. The van der Waals surface area contributed by atoms with E-state index in [1.54, 1.807) is 0 Å². The molecule has 0 aromatic heterocycles. The summed E-state index contributed by atoms with van der Waals surface area (Å²) in [5.74, 6) is -0.376. The number of likely N-dealkylation sites (tertiary alicyclic amines) is 1. The summed E-state index contributed by atoms with van der Waals surface area (Å²) < 4.78 is 0. The highest BCUT2D eigenvalue weighted by Gasteiger charge is 2.36. The SMILES string of the molecule is CCN(CC)CCN1CCC(C)C1C(=O)O. The highest BCUT2D eigenvalue weighted by atomic mass is 16.4. The lowest BCUT2D eigenvalue weighted by atomic mass is 10.0. The molecule has 1 saturated heterocycles. The van der Waals surface area contributed by atoms with Crippen molar-refractivity contribution in [3.8, 4) is 0 Å². The van der Waals surface area contributed by atoms with E-state index in [4.69, 9.17) is 0 Å². The summed E-state index contributed by atoms with van der Waals surface area (Å²) in [6.07, 6.45) is 1.01. The van der Waals surface area contributed by atoms with Gasteiger partial charge in [0.15, 0.2) is 0 Å². The van der Waals surface area contributed by atoms with Crippen LogP contribution in [0.5, 0.6) is 0 Å². The summed E-state index contributed by atoms with van der Waals surface area (Å²) in [4.78, 5) is 15.6. The van der Waals surface area contributed by atoms with Crippen LogP contribution in [0.4, 0.5) is 0 Å². The number of carbonyl (C=O) groups is 1. The topological polar surface area (TPSA) is 43.8 Å². The first-order valence-corrected chi connectivity index (χ1v) is 6.29. The summed E-state index contributed by atoms with van der Waals surface area (Å²) in [6, 6.07) is -0.268. The highest BCUT2D eigenvalue weighted by molar-refractivity contribution is 5.74. The van der Waals surface area contributed by atoms with Gasteiger partial charge in [-0.3, -0.25) is 9.69 Å². The van der Waals surface area contributed by atoms with Gasteiger partial charge in [0.25, 0.3) is 0 Å². The Morgan fingerprint density at radius 1 is 1.44 bits per heavy atom. The second-order valence-electron chi connectivity index (χ2n) is 4.61. The Kier molecular flexibility index (Phi) is 5.22. The maximum atomic E-state index is 11.2. The standard InChI is InChI=1S/C12H24N2O2/c1-4-13(5-2)8-9-14-7-6-10(3)11(14)12(15)16/h10-11H,4-9H2,1-3H3,(H,15,16). The van der Waals surface area contributed by atoms with E-state index in [2.05, 4.69) is 23.6 Å². The molecule has 1 rings (SSSR count). The Bertz CT molecular complexity index is 229. The van der Waals surface area contributed by atoms with Crippen LogP contribution >= 0.6 is 0 Å². The Balaban J connectivity index is 2.44. The zero-order valence-electron chi connectivity index (χ0n) is 10.6. The van der Waals surface area contributed by atoms with Gasteiger partial charge in [-0.15, -0.1) is 0 Å². The minimum atomic E-state index is -0.662. The predicted octanol–water partition coefficient (Wildman–Crippen LogP) is 1.12. The molecule has 4 nitrogen and oxygen atoms in total. The molecule has 1 aliphatic rings. The Hall–Kier alpha value is -0.610. The van der Waals surface area contributed by atoms with Crippen LogP contribution in [0.15, 0.2) is 0 Å². The molecule has 94 valence electrons. The van der Waals surface area contributed by atoms with E-state index in [1.807, 2.05) is 6.92 Å². The van der Waals surface area contributed by atoms with Gasteiger partial charge in [0.1, 0.15) is 6.04 Å². The summed E-state index contributed by atoms with van der Waals surface area (Å²) >= 11 is 0. The van der Waals surface area contributed by atoms with Crippen LogP contribution in [0.3, 0.4) is 0 Å². The molecule has 1 aliphatic heterocycles. The summed E-state index contributed by atoms with van der Waals surface area (Å²) in [6.45, 7) is 11.2. The summed E-state index contributed by atoms with van der Waals surface area (Å²) in [5, 5.41) is 9.18. The van der Waals surface area contributed by atoms with Crippen LogP contribution < -0.4 is 0 Å². The molecule has 0 bridgehead atoms. The van der Waals surface area contributed by atoms with E-state index in [0.29, 0.717) is 0 Å². The third kappa shape index (κ3) is 3.19. The lowest BCUT2D eigenvalue weighted by Crippen LogP contribution is -2.43. The van der Waals surface area contributed by atoms with Gasteiger partial charge in [-0.05, 0) is 32.0 Å². The molecule has 0 aromatic carbocycles. The van der Waals surface area contributed by atoms with Gasteiger partial charge >= 0.3 is 5.97 Å². The molecule has 0 saturated carbocycles. The fourth-order valence-electron chi connectivity index (χ4n) is 2.49. The average Bonchev–Trinajstić information content (AvgIpc) is 2.61. The van der Waals surface area contributed by atoms with Crippen molar-refractivity contribution in [3.63, 3.8) is 0 Å². The van der Waals surface area contributed by atoms with Crippen molar-refractivity contribution in [2.75, 3.05) is 32.7 Å². The Morgan fingerprint density at radius 3 is 2.56 bits per heavy atom. The molecule has 0 aromatic rings. The van der Waals surface area contributed by atoms with Crippen molar-refractivity contribution < 1.29 is 9.90 Å². The minimum Gasteiger partial charge on any atom is -0.480 e. The Morgan fingerprint density at radius 2 is 2.06 bits per heavy atom. The van der Waals surface area contributed by atoms with Crippen molar-refractivity contribution in [1.82, 2.24) is 9.80 Å². The van der Waals surface area contributed by atoms with Crippen LogP contribution in [0, 0.1) is 5.92 Å². The maximum Gasteiger partial charge on any atom is 0.321 e. The number of hydrogen-bond donors (Lipinski definition) is 1. The second kappa shape index (κ2) is 6.21. The first kappa shape index (κ1) is 13.5. The smallest absolute Gasteiger partial charge is 0.321 e. The van der Waals surface area contributed by atoms with E-state index in [0.717, 1.165) is 39.1 Å². The number of hydrogen-bond acceptors (Lipinski definition) is 3. The molecule has 1 N–H and O–H groups in total. The zero-order chi connectivity index (χ0) is 12.1. The molecule has 0 amide bonds. The molecule has 2 unspecified atom stereocenters. The van der Waals surface area contributed by atoms with Gasteiger partial charge in [0, 0.05) is 13.1 Å². The van der Waals surface area contributed by atoms with Crippen LogP contribution in [0.25, 0.3) is 0 Å². The minimum absolute atomic E-state index is 0.268. The first-order chi connectivity index (χ1) is 7.60. The first-order valence-electron chi connectivity index (χ1n) is 6.29. The quantitative estimate of drug-likeness (QED) is 0.740. The third-order valence-corrected chi connectivity index (χ3v) is 3.65. The number of carboxylic acids is 1. The van der Waals surface area contributed by atoms with Gasteiger partial charge in [-0.25, -0.2) is 0 Å². The van der Waals surface area contributed by atoms with Crippen molar-refractivity contribution >= 4 is 5.97 Å². The number of nitrogens with zero attached hydrogens (tertiary/aromatic N) is 2. The fraction of sp³-hybridized carbons (Fsp3) is 0.917. The predicted molar refractivity (Wildman–Crippen MR) is 64.6 cm³/mol. The number of likely N-dealkylation sites (N-methyl/N-ethyl adjacent to an activating group) is 1. The van der Waals surface area contributed by atoms with Gasteiger partial charge in [0.2, 0.25) is 0 Å². The summed E-state index contributed by atoms with van der Waals surface area (Å²) in [7, 11) is 0. The van der Waals surface area contributed by atoms with Crippen molar-refractivity contribution in [3.05, 3.63) is 0 Å². The third-order valence-electron chi connectivity index (χ3n) is 3.65. The molecule has 0 aliphatic carbocycles. The van der Waals surface area contributed by atoms with Gasteiger partial charge in [-0.2, -0.15) is 0 Å². The fourth-order valence-corrected chi connectivity index (χ4v) is 2.49. The van der Waals surface area contributed by atoms with Gasteiger partial charge in [-0.1, -0.05) is 20.8 Å². The van der Waals surface area contributed by atoms with Crippen LogP contribution in [-0.2, 0) is 4.79 Å². The molecule has 1 fully saturated rings. The molecule has 16 heavy (non-hydrogen) atoms. The molecule has 2 atom stereocenters. The zero-order valence-corrected chi connectivity index (χ0v) is 10.6. The van der Waals surface area contributed by atoms with E-state index in [1.165, 1.54) is 0 Å².